The smallest absolute Gasteiger partial charge is 0.0678 e. The normalized spacial score (nSPS) is 26.2. The molecule has 5 fully saturated rings. The molecule has 0 amide bonds. The second kappa shape index (κ2) is 28.9. The summed E-state index contributed by atoms with van der Waals surface area (Å²) in [4.78, 5) is 16.7. The molecule has 2 unspecified atom stereocenters. The first-order valence-corrected chi connectivity index (χ1v) is 17.0. The van der Waals surface area contributed by atoms with Crippen molar-refractivity contribution in [1.29, 1.82) is 0 Å². The van der Waals surface area contributed by atoms with Crippen LogP contribution in [0.1, 0.15) is 88.5 Å². The Labute approximate surface area is 279 Å². The van der Waals surface area contributed by atoms with Gasteiger partial charge in [0.05, 0.1) is 12.2 Å². The highest BCUT2D eigenvalue weighted by Gasteiger charge is 2.18. The molecule has 0 bridgehead atoms. The molecule has 0 spiro atoms. The van der Waals surface area contributed by atoms with Crippen molar-refractivity contribution in [3.05, 3.63) is 0 Å². The number of morpholine rings is 1. The first-order valence-electron chi connectivity index (χ1n) is 17.0. The fourth-order valence-electron chi connectivity index (χ4n) is 5.78. The molecule has 8 heteroatoms. The zero-order valence-corrected chi connectivity index (χ0v) is 29.4. The summed E-state index contributed by atoms with van der Waals surface area (Å²) in [5.74, 6) is 0. The number of ether oxygens (including phenoxy) is 1. The van der Waals surface area contributed by atoms with Crippen LogP contribution in [0.15, 0.2) is 0 Å². The fourth-order valence-corrected chi connectivity index (χ4v) is 5.78. The first-order chi connectivity index (χ1) is 19.5. The summed E-state index contributed by atoms with van der Waals surface area (Å²) in [6.45, 7) is 26.1. The van der Waals surface area contributed by atoms with Gasteiger partial charge in [-0.25, -0.2) is 0 Å². The fraction of sp³-hybridized carbons (Fsp3) is 1.00. The quantitative estimate of drug-likeness (QED) is 0.384. The molecule has 0 radical (unpaired) electrons. The molecule has 2 atom stereocenters. The van der Waals surface area contributed by atoms with Gasteiger partial charge in [0.2, 0.25) is 0 Å². The van der Waals surface area contributed by atoms with E-state index in [1.165, 1.54) is 117 Å². The van der Waals surface area contributed by atoms with Gasteiger partial charge < -0.3 is 34.1 Å². The van der Waals surface area contributed by atoms with E-state index in [2.05, 4.69) is 104 Å². The van der Waals surface area contributed by atoms with Crippen LogP contribution in [-0.2, 0) is 4.74 Å². The lowest BCUT2D eigenvalue weighted by Gasteiger charge is -2.34. The molecule has 270 valence electrons. The van der Waals surface area contributed by atoms with Gasteiger partial charge in [0.1, 0.15) is 0 Å². The minimum Gasteiger partial charge on any atom is -0.373 e. The summed E-state index contributed by atoms with van der Waals surface area (Å²) in [5.41, 5.74) is 0. The number of nitrogens with zero attached hydrogens (tertiary/aromatic N) is 7. The highest BCUT2D eigenvalue weighted by Crippen LogP contribution is 2.08. The minimum absolute atomic E-state index is 0. The minimum atomic E-state index is 0. The van der Waals surface area contributed by atoms with Crippen molar-refractivity contribution < 1.29 is 4.74 Å². The maximum atomic E-state index is 5.51. The molecule has 0 aliphatic carbocycles. The molecule has 0 saturated carbocycles. The SMILES string of the molecule is C.C.C.CC(C)N1CCN(C)CC1.CC1CN(C)CC(C)O1.CN1CCCCC1.CN1CCCCC1.CN1CCN(C)CC1. The van der Waals surface area contributed by atoms with Crippen LogP contribution in [0.5, 0.6) is 0 Å². The van der Waals surface area contributed by atoms with Crippen LogP contribution in [0.2, 0.25) is 0 Å². The number of hydrogen-bond donors (Lipinski definition) is 0. The Kier molecular flexibility index (Phi) is 31.5. The number of likely N-dealkylation sites (N-methyl/N-ethyl adjacent to an activating group) is 4. The lowest BCUT2D eigenvalue weighted by atomic mass is 10.1. The topological polar surface area (TPSA) is 31.9 Å². The molecule has 0 N–H and O–H groups in total. The highest BCUT2D eigenvalue weighted by molar-refractivity contribution is 4.72. The van der Waals surface area contributed by atoms with Crippen molar-refractivity contribution in [3.8, 4) is 0 Å². The maximum absolute atomic E-state index is 5.51. The molecule has 5 aliphatic heterocycles. The Morgan fingerprint density at radius 3 is 0.909 bits per heavy atom. The second-order valence-electron chi connectivity index (χ2n) is 13.7. The van der Waals surface area contributed by atoms with Gasteiger partial charge in [0, 0.05) is 71.5 Å². The molecule has 44 heavy (non-hydrogen) atoms. The first kappa shape index (κ1) is 48.1. The van der Waals surface area contributed by atoms with E-state index in [4.69, 9.17) is 4.74 Å². The highest BCUT2D eigenvalue weighted by atomic mass is 16.5. The molecule has 5 aliphatic rings. The average Bonchev–Trinajstić information content (AvgIpc) is 2.92. The van der Waals surface area contributed by atoms with Crippen LogP contribution >= 0.6 is 0 Å². The standard InChI is InChI=1S/C8H18N2.C7H15NO.C6H14N2.2C6H13N.3CH4/c1-8(2)10-6-4-9(3)5-7-10;1-6-4-8(3)5-7(2)9-6;1-7-3-5-8(2)6-4-7;2*1-7-5-3-2-4-6-7;;;/h8H,4-7H2,1-3H3;6-7H,4-5H2,1-3H3;3-6H2,1-2H3;2*2-6H2,1H3;3*1H4. The number of piperazine rings is 2. The third kappa shape index (κ3) is 25.8. The Balaban J connectivity index is -0.000000472. The van der Waals surface area contributed by atoms with Crippen molar-refractivity contribution in [2.24, 2.45) is 0 Å². The van der Waals surface area contributed by atoms with Gasteiger partial charge in [0.15, 0.2) is 0 Å². The second-order valence-corrected chi connectivity index (χ2v) is 13.7. The monoisotopic (exact) mass is 632 g/mol. The molecule has 0 aromatic rings. The van der Waals surface area contributed by atoms with Crippen LogP contribution in [0.25, 0.3) is 0 Å². The summed E-state index contributed by atoms with van der Waals surface area (Å²) in [5, 5.41) is 0. The molecule has 0 aromatic carbocycles. The Hall–Kier alpha value is -0.320. The van der Waals surface area contributed by atoms with E-state index in [1.807, 2.05) is 0 Å². The third-order valence-corrected chi connectivity index (χ3v) is 8.76. The van der Waals surface area contributed by atoms with Gasteiger partial charge in [-0.2, -0.15) is 0 Å². The zero-order chi connectivity index (χ0) is 30.6. The van der Waals surface area contributed by atoms with Crippen LogP contribution in [-0.4, -0.2) is 186 Å². The van der Waals surface area contributed by atoms with Crippen LogP contribution in [0.3, 0.4) is 0 Å². The van der Waals surface area contributed by atoms with Crippen LogP contribution in [0, 0.1) is 0 Å². The summed E-state index contributed by atoms with van der Waals surface area (Å²) >= 11 is 0. The van der Waals surface area contributed by atoms with E-state index >= 15 is 0 Å². The number of likely N-dealkylation sites (tertiary alicyclic amines) is 2. The Morgan fingerprint density at radius 2 is 0.682 bits per heavy atom. The summed E-state index contributed by atoms with van der Waals surface area (Å²) in [6, 6.07) is 0.730. The number of hydrogen-bond acceptors (Lipinski definition) is 8. The van der Waals surface area contributed by atoms with E-state index in [0.29, 0.717) is 12.2 Å². The maximum Gasteiger partial charge on any atom is 0.0678 e. The average molecular weight is 632 g/mol. The van der Waals surface area contributed by atoms with Crippen LogP contribution < -0.4 is 0 Å². The summed E-state index contributed by atoms with van der Waals surface area (Å²) < 4.78 is 5.51. The summed E-state index contributed by atoms with van der Waals surface area (Å²) in [7, 11) is 13.1. The van der Waals surface area contributed by atoms with E-state index < -0.39 is 0 Å². The van der Waals surface area contributed by atoms with Gasteiger partial charge >= 0.3 is 0 Å². The van der Waals surface area contributed by atoms with Gasteiger partial charge in [-0.3, -0.25) is 4.90 Å². The largest absolute Gasteiger partial charge is 0.373 e. The zero-order valence-electron chi connectivity index (χ0n) is 29.4. The van der Waals surface area contributed by atoms with Crippen LogP contribution in [0.4, 0.5) is 0 Å². The van der Waals surface area contributed by atoms with E-state index in [-0.39, 0.29) is 22.3 Å². The van der Waals surface area contributed by atoms with Gasteiger partial charge in [-0.05, 0) is 122 Å². The molecule has 8 nitrogen and oxygen atoms in total. The van der Waals surface area contributed by atoms with Crippen molar-refractivity contribution in [2.45, 2.75) is 107 Å². The van der Waals surface area contributed by atoms with Crippen molar-refractivity contribution in [2.75, 3.05) is 134 Å². The Bertz CT molecular complexity index is 532. The molecule has 0 aromatic heterocycles. The third-order valence-electron chi connectivity index (χ3n) is 8.76. The van der Waals surface area contributed by atoms with E-state index in [9.17, 15) is 0 Å². The number of piperidine rings is 2. The van der Waals surface area contributed by atoms with Crippen molar-refractivity contribution in [3.63, 3.8) is 0 Å². The molecule has 5 saturated heterocycles. The lowest BCUT2D eigenvalue weighted by Crippen LogP contribution is -2.47. The molecule has 5 heterocycles. The van der Waals surface area contributed by atoms with E-state index in [1.54, 1.807) is 0 Å². The molecular formula is C36H85N7O. The Morgan fingerprint density at radius 1 is 0.409 bits per heavy atom. The lowest BCUT2D eigenvalue weighted by molar-refractivity contribution is -0.0602. The van der Waals surface area contributed by atoms with Crippen molar-refractivity contribution >= 4 is 0 Å². The predicted molar refractivity (Wildman–Crippen MR) is 200 cm³/mol. The van der Waals surface area contributed by atoms with Gasteiger partial charge in [-0.15, -0.1) is 0 Å². The van der Waals surface area contributed by atoms with E-state index in [0.717, 1.165) is 19.1 Å². The summed E-state index contributed by atoms with van der Waals surface area (Å²) in [6.07, 6.45) is 9.38. The number of rotatable bonds is 1. The molecular weight excluding hydrogens is 546 g/mol. The van der Waals surface area contributed by atoms with Gasteiger partial charge in [0.25, 0.3) is 0 Å². The van der Waals surface area contributed by atoms with Crippen molar-refractivity contribution in [1.82, 2.24) is 34.3 Å². The van der Waals surface area contributed by atoms with Gasteiger partial charge in [-0.1, -0.05) is 35.1 Å². The predicted octanol–water partition coefficient (Wildman–Crippen LogP) is 5.34. The molecule has 5 rings (SSSR count).